The summed E-state index contributed by atoms with van der Waals surface area (Å²) in [6.07, 6.45) is 0.811. The lowest BCUT2D eigenvalue weighted by atomic mass is 10.1. The molecule has 0 spiro atoms. The Hall–Kier alpha value is -2.99. The quantitative estimate of drug-likeness (QED) is 0.220. The number of carbonyl (C=O) groups is 1. The molecule has 1 rings (SSSR count). The highest BCUT2D eigenvalue weighted by atomic mass is 16.6. The molecule has 0 radical (unpaired) electrons. The Morgan fingerprint density at radius 1 is 1.17 bits per heavy atom. The Morgan fingerprint density at radius 3 is 2.31 bits per heavy atom. The topological polar surface area (TPSA) is 151 Å². The molecule has 0 aliphatic heterocycles. The van der Waals surface area contributed by atoms with E-state index >= 15 is 0 Å². The first-order valence-electron chi connectivity index (χ1n) is 8.85. The van der Waals surface area contributed by atoms with Gasteiger partial charge >= 0.3 is 11.7 Å². The van der Waals surface area contributed by atoms with E-state index in [9.17, 15) is 30.1 Å². The van der Waals surface area contributed by atoms with Crippen molar-refractivity contribution in [3.05, 3.63) is 31.9 Å². The molecule has 1 aromatic carbocycles. The Labute approximate surface area is 167 Å². The van der Waals surface area contributed by atoms with Gasteiger partial charge in [0.15, 0.2) is 5.75 Å². The number of hydrogen-bond acceptors (Lipinski definition) is 8. The van der Waals surface area contributed by atoms with Crippen LogP contribution >= 0.6 is 0 Å². The van der Waals surface area contributed by atoms with E-state index in [0.717, 1.165) is 37.2 Å². The van der Waals surface area contributed by atoms with Gasteiger partial charge in [-0.3, -0.25) is 20.2 Å². The highest BCUT2D eigenvalue weighted by Gasteiger charge is 2.38. The summed E-state index contributed by atoms with van der Waals surface area (Å²) in [5, 5.41) is 31.8. The molecule has 162 valence electrons. The second-order valence-electron chi connectivity index (χ2n) is 6.76. The summed E-state index contributed by atoms with van der Waals surface area (Å²) in [4.78, 5) is 31.9. The molecule has 0 atom stereocenters. The third-order valence-corrected chi connectivity index (χ3v) is 4.39. The molecule has 0 bridgehead atoms. The minimum atomic E-state index is -1.82. The molecule has 1 N–H and O–H groups in total. The van der Waals surface area contributed by atoms with Crippen LogP contribution in [0, 0.1) is 20.2 Å². The monoisotopic (exact) mass is 416 g/mol. The van der Waals surface area contributed by atoms with Crippen LogP contribution in [0.2, 0.25) is 0 Å². The van der Waals surface area contributed by atoms with Gasteiger partial charge in [0, 0.05) is 6.42 Å². The number of carboxylic acids is 1. The summed E-state index contributed by atoms with van der Waals surface area (Å²) < 4.78 is 16.6. The van der Waals surface area contributed by atoms with E-state index in [-0.39, 0.29) is 19.0 Å². The number of quaternary nitrogens is 1. The smallest absolute Gasteiger partial charge is 0.350 e. The van der Waals surface area contributed by atoms with Gasteiger partial charge in [0.2, 0.25) is 11.3 Å². The lowest BCUT2D eigenvalue weighted by Gasteiger charge is -2.27. The minimum Gasteiger partial charge on any atom is -0.492 e. The van der Waals surface area contributed by atoms with Crippen LogP contribution in [0.3, 0.4) is 0 Å². The first kappa shape index (κ1) is 24.0. The molecule has 29 heavy (non-hydrogen) atoms. The van der Waals surface area contributed by atoms with Gasteiger partial charge in [-0.1, -0.05) is 0 Å². The fraction of sp³-hybridized carbons (Fsp3) is 0.588. The van der Waals surface area contributed by atoms with Crippen molar-refractivity contribution in [2.75, 3.05) is 54.1 Å². The lowest BCUT2D eigenvalue weighted by molar-refractivity contribution is -0.888. The van der Waals surface area contributed by atoms with Crippen molar-refractivity contribution >= 4 is 17.3 Å². The summed E-state index contributed by atoms with van der Waals surface area (Å²) in [5.74, 6) is -2.62. The number of nitro groups is 2. The van der Waals surface area contributed by atoms with Gasteiger partial charge in [-0.15, -0.1) is 0 Å². The second-order valence-corrected chi connectivity index (χ2v) is 6.76. The maximum atomic E-state index is 11.4. The third-order valence-electron chi connectivity index (χ3n) is 4.39. The molecular formula is C17H26N3O9+. The van der Waals surface area contributed by atoms with Crippen LogP contribution in [0.15, 0.2) is 6.07 Å². The number of nitrogens with zero attached hydrogens (tertiary/aromatic N) is 3. The van der Waals surface area contributed by atoms with Crippen molar-refractivity contribution in [2.45, 2.75) is 13.3 Å². The largest absolute Gasteiger partial charge is 0.492 e. The average molecular weight is 416 g/mol. The highest BCUT2D eigenvalue weighted by molar-refractivity contribution is 5.99. The summed E-state index contributed by atoms with van der Waals surface area (Å²) in [5.41, 5.74) is -3.07. The molecule has 12 nitrogen and oxygen atoms in total. The number of rotatable bonds is 13. The van der Waals surface area contributed by atoms with Crippen LogP contribution in [0.4, 0.5) is 11.4 Å². The fourth-order valence-corrected chi connectivity index (χ4v) is 2.49. The zero-order valence-electron chi connectivity index (χ0n) is 16.9. The van der Waals surface area contributed by atoms with Crippen molar-refractivity contribution in [1.29, 1.82) is 0 Å². The average Bonchev–Trinajstić information content (AvgIpc) is 2.65. The number of benzene rings is 1. The van der Waals surface area contributed by atoms with Gasteiger partial charge in [0.25, 0.3) is 5.69 Å². The first-order chi connectivity index (χ1) is 13.6. The normalized spacial score (nSPS) is 11.2. The van der Waals surface area contributed by atoms with Gasteiger partial charge in [-0.05, 0) is 6.92 Å². The van der Waals surface area contributed by atoms with Gasteiger partial charge in [-0.2, -0.15) is 0 Å². The fourth-order valence-electron chi connectivity index (χ4n) is 2.49. The van der Waals surface area contributed by atoms with Gasteiger partial charge in [0.1, 0.15) is 6.61 Å². The maximum Gasteiger partial charge on any atom is 0.350 e. The minimum absolute atomic E-state index is 0.0965. The Morgan fingerprint density at radius 2 is 1.83 bits per heavy atom. The summed E-state index contributed by atoms with van der Waals surface area (Å²) in [7, 11) is 5.34. The Bertz CT molecular complexity index is 765. The molecule has 0 saturated heterocycles. The number of carboxylic acid groups (broad SMARTS) is 1. The van der Waals surface area contributed by atoms with Crippen molar-refractivity contribution in [1.82, 2.24) is 0 Å². The SMILES string of the molecule is CC[N+](C)(C)CCCOCCOc1c(OC)cc([N+](=O)[O-])c(C(=O)O)c1[N+](=O)[O-]. The van der Waals surface area contributed by atoms with Gasteiger partial charge in [0.05, 0.1) is 63.4 Å². The first-order valence-corrected chi connectivity index (χ1v) is 8.85. The van der Waals surface area contributed by atoms with Crippen LogP contribution in [-0.4, -0.2) is 79.5 Å². The van der Waals surface area contributed by atoms with E-state index in [2.05, 4.69) is 21.0 Å². The van der Waals surface area contributed by atoms with E-state index in [1.165, 1.54) is 0 Å². The van der Waals surface area contributed by atoms with Crippen molar-refractivity contribution in [3.63, 3.8) is 0 Å². The summed E-state index contributed by atoms with van der Waals surface area (Å²) in [6.45, 7) is 4.43. The van der Waals surface area contributed by atoms with Crippen molar-refractivity contribution < 1.29 is 38.4 Å². The standard InChI is InChI=1S/C17H25N3O9/c1-5-20(2,3)7-6-8-28-9-10-29-16-13(27-4)11-12(18(23)24)14(17(21)22)15(16)19(25)26/h11H,5-10H2,1-4H3/p+1. The molecule has 0 unspecified atom stereocenters. The third kappa shape index (κ3) is 6.54. The van der Waals surface area contributed by atoms with Crippen molar-refractivity contribution in [2.24, 2.45) is 0 Å². The van der Waals surface area contributed by atoms with E-state index in [0.29, 0.717) is 6.61 Å². The number of nitro benzene ring substituents is 2. The molecular weight excluding hydrogens is 390 g/mol. The van der Waals surface area contributed by atoms with Crippen LogP contribution in [0.1, 0.15) is 23.7 Å². The van der Waals surface area contributed by atoms with E-state index in [4.69, 9.17) is 14.2 Å². The zero-order chi connectivity index (χ0) is 22.2. The maximum absolute atomic E-state index is 11.4. The lowest BCUT2D eigenvalue weighted by Crippen LogP contribution is -2.40. The van der Waals surface area contributed by atoms with E-state index in [1.54, 1.807) is 0 Å². The summed E-state index contributed by atoms with van der Waals surface area (Å²) in [6, 6.07) is 0.789. The molecule has 0 aliphatic carbocycles. The Balaban J connectivity index is 2.93. The van der Waals surface area contributed by atoms with Gasteiger partial charge < -0.3 is 23.8 Å². The van der Waals surface area contributed by atoms with E-state index in [1.807, 2.05) is 0 Å². The zero-order valence-corrected chi connectivity index (χ0v) is 16.9. The molecule has 0 saturated carbocycles. The molecule has 12 heteroatoms. The highest BCUT2D eigenvalue weighted by Crippen LogP contribution is 2.44. The van der Waals surface area contributed by atoms with Crippen LogP contribution in [-0.2, 0) is 4.74 Å². The molecule has 0 amide bonds. The molecule has 1 aromatic rings. The second kappa shape index (κ2) is 10.5. The predicted octanol–water partition coefficient (Wildman–Crippen LogP) is 2.09. The van der Waals surface area contributed by atoms with Gasteiger partial charge in [-0.25, -0.2) is 4.79 Å². The number of aromatic carboxylic acids is 1. The van der Waals surface area contributed by atoms with Crippen molar-refractivity contribution in [3.8, 4) is 11.5 Å². The molecule has 0 aliphatic rings. The van der Waals surface area contributed by atoms with E-state index < -0.39 is 38.5 Å². The number of hydrogen-bond donors (Lipinski definition) is 1. The Kier molecular flexibility index (Phi) is 8.73. The number of ether oxygens (including phenoxy) is 3. The molecule has 0 aromatic heterocycles. The molecule has 0 fully saturated rings. The van der Waals surface area contributed by atoms with Crippen LogP contribution < -0.4 is 9.47 Å². The predicted molar refractivity (Wildman–Crippen MR) is 102 cm³/mol. The molecule has 0 heterocycles. The van der Waals surface area contributed by atoms with Crippen LogP contribution in [0.25, 0.3) is 0 Å². The number of methoxy groups -OCH3 is 1. The summed E-state index contributed by atoms with van der Waals surface area (Å²) >= 11 is 0. The van der Waals surface area contributed by atoms with Crippen LogP contribution in [0.5, 0.6) is 11.5 Å².